The van der Waals surface area contributed by atoms with Crippen LogP contribution in [0, 0.1) is 6.92 Å². The summed E-state index contributed by atoms with van der Waals surface area (Å²) in [4.78, 5) is 21.9. The van der Waals surface area contributed by atoms with E-state index >= 15 is 0 Å². The zero-order valence-corrected chi connectivity index (χ0v) is 25.3. The summed E-state index contributed by atoms with van der Waals surface area (Å²) in [6.07, 6.45) is -1.96. The molecule has 5 aromatic rings. The Labute approximate surface area is 256 Å². The Morgan fingerprint density at radius 3 is 2.43 bits per heavy atom. The molecule has 0 radical (unpaired) electrons. The predicted molar refractivity (Wildman–Crippen MR) is 161 cm³/mol. The number of thiazole rings is 1. The monoisotopic (exact) mass is 621 g/mol. The number of ether oxygens (including phenoxy) is 2. The van der Waals surface area contributed by atoms with Gasteiger partial charge in [-0.15, -0.1) is 34.6 Å². The van der Waals surface area contributed by atoms with Gasteiger partial charge in [0.15, 0.2) is 5.82 Å². The molecule has 0 fully saturated rings. The zero-order chi connectivity index (χ0) is 31.4. The van der Waals surface area contributed by atoms with E-state index in [9.17, 15) is 18.0 Å². The van der Waals surface area contributed by atoms with E-state index in [2.05, 4.69) is 51.9 Å². The van der Waals surface area contributed by atoms with E-state index in [4.69, 9.17) is 4.74 Å². The van der Waals surface area contributed by atoms with Gasteiger partial charge in [0.05, 0.1) is 11.4 Å². The third-order valence-electron chi connectivity index (χ3n) is 6.71. The zero-order valence-electron chi connectivity index (χ0n) is 24.4. The number of amides is 1. The van der Waals surface area contributed by atoms with Gasteiger partial charge in [-0.25, -0.2) is 14.5 Å². The van der Waals surface area contributed by atoms with E-state index in [0.717, 1.165) is 27.9 Å². The van der Waals surface area contributed by atoms with Crippen molar-refractivity contribution in [3.63, 3.8) is 0 Å². The second-order valence-corrected chi connectivity index (χ2v) is 11.4. The lowest BCUT2D eigenvalue weighted by atomic mass is 9.99. The number of halogens is 3. The smallest absolute Gasteiger partial charge is 0.444 e. The van der Waals surface area contributed by atoms with Gasteiger partial charge in [0.25, 0.3) is 0 Å². The van der Waals surface area contributed by atoms with Crippen molar-refractivity contribution >= 4 is 17.4 Å². The molecule has 2 aromatic heterocycles. The van der Waals surface area contributed by atoms with Gasteiger partial charge in [0.1, 0.15) is 18.2 Å². The molecule has 0 saturated carbocycles. The first-order valence-corrected chi connectivity index (χ1v) is 14.7. The fourth-order valence-corrected chi connectivity index (χ4v) is 5.35. The Morgan fingerprint density at radius 1 is 1.02 bits per heavy atom. The number of hydrogen-bond donors (Lipinski definition) is 0. The van der Waals surface area contributed by atoms with Crippen LogP contribution < -0.4 is 9.54 Å². The number of aryl methyl sites for hydroxylation is 1. The molecule has 8 nitrogen and oxygen atoms in total. The van der Waals surface area contributed by atoms with Crippen LogP contribution in [-0.4, -0.2) is 37.9 Å². The van der Waals surface area contributed by atoms with E-state index in [-0.39, 0.29) is 5.75 Å². The number of benzene rings is 3. The van der Waals surface area contributed by atoms with Crippen LogP contribution in [0.1, 0.15) is 43.4 Å². The van der Waals surface area contributed by atoms with Crippen LogP contribution in [0.3, 0.4) is 0 Å². The first-order valence-electron chi connectivity index (χ1n) is 13.8. The molecule has 228 valence electrons. The number of aromatic nitrogens is 4. The lowest BCUT2D eigenvalue weighted by Gasteiger charge is -2.15. The van der Waals surface area contributed by atoms with E-state index in [1.165, 1.54) is 46.6 Å². The average molecular weight is 622 g/mol. The van der Waals surface area contributed by atoms with Gasteiger partial charge < -0.3 is 9.47 Å². The normalized spacial score (nSPS) is 12.9. The third kappa shape index (κ3) is 7.62. The lowest BCUT2D eigenvalue weighted by Crippen LogP contribution is -2.20. The molecule has 0 aliphatic carbocycles. The van der Waals surface area contributed by atoms with Crippen LogP contribution in [0.2, 0.25) is 0 Å². The van der Waals surface area contributed by atoms with Gasteiger partial charge in [-0.2, -0.15) is 0 Å². The van der Waals surface area contributed by atoms with E-state index in [0.29, 0.717) is 28.7 Å². The van der Waals surface area contributed by atoms with Gasteiger partial charge in [0.2, 0.25) is 4.80 Å². The predicted octanol–water partition coefficient (Wildman–Crippen LogP) is 7.79. The van der Waals surface area contributed by atoms with Crippen LogP contribution in [0.4, 0.5) is 18.0 Å². The molecule has 1 atom stereocenters. The molecule has 44 heavy (non-hydrogen) atoms. The number of rotatable bonds is 8. The van der Waals surface area contributed by atoms with Gasteiger partial charge in [0, 0.05) is 23.6 Å². The van der Waals surface area contributed by atoms with Crippen molar-refractivity contribution in [1.82, 2.24) is 19.3 Å². The van der Waals surface area contributed by atoms with Crippen LogP contribution in [0.5, 0.6) is 5.75 Å². The molecule has 0 aliphatic rings. The summed E-state index contributed by atoms with van der Waals surface area (Å²) in [6, 6.07) is 19.1. The summed E-state index contributed by atoms with van der Waals surface area (Å²) in [5, 5.41) is 6.32. The molecule has 12 heteroatoms. The fourth-order valence-electron chi connectivity index (χ4n) is 4.65. The molecular weight excluding hydrogens is 591 g/mol. The summed E-state index contributed by atoms with van der Waals surface area (Å²) in [5.41, 5.74) is 5.51. The maximum Gasteiger partial charge on any atom is 0.573 e. The summed E-state index contributed by atoms with van der Waals surface area (Å²) >= 11 is 1.37. The molecule has 0 saturated heterocycles. The number of nitrogens with zero attached hydrogens (tertiary/aromatic N) is 5. The SMILES string of the molecule is Cc1ccc(C(C)C)c(-n2ccs/c2=N\C(=O)OC(C)Cc2ccc(-c3ncn(-c4ccc(OC(F)(F)F)cc4)n3)cc2)c1. The van der Waals surface area contributed by atoms with Crippen molar-refractivity contribution in [1.29, 1.82) is 0 Å². The topological polar surface area (TPSA) is 83.5 Å². The van der Waals surface area contributed by atoms with Crippen molar-refractivity contribution in [2.75, 3.05) is 0 Å². The highest BCUT2D eigenvalue weighted by Gasteiger charge is 2.31. The van der Waals surface area contributed by atoms with E-state index in [1.54, 1.807) is 0 Å². The Hall–Kier alpha value is -4.71. The molecule has 1 amide bonds. The Kier molecular flexibility index (Phi) is 9.00. The van der Waals surface area contributed by atoms with Gasteiger partial charge in [-0.3, -0.25) is 4.57 Å². The molecule has 1 unspecified atom stereocenters. The minimum absolute atomic E-state index is 0.304. The molecule has 0 aliphatic heterocycles. The van der Waals surface area contributed by atoms with Crippen molar-refractivity contribution < 1.29 is 27.4 Å². The van der Waals surface area contributed by atoms with Gasteiger partial charge in [-0.1, -0.05) is 50.2 Å². The Bertz CT molecular complexity index is 1810. The first kappa shape index (κ1) is 30.7. The number of carbonyl (C=O) groups is 1. The molecule has 2 heterocycles. The van der Waals surface area contributed by atoms with Crippen molar-refractivity contribution in [3.8, 4) is 28.5 Å². The highest BCUT2D eigenvalue weighted by Crippen LogP contribution is 2.25. The highest BCUT2D eigenvalue weighted by molar-refractivity contribution is 7.07. The Morgan fingerprint density at radius 2 is 1.75 bits per heavy atom. The maximum absolute atomic E-state index is 12.7. The summed E-state index contributed by atoms with van der Waals surface area (Å²) in [6.45, 7) is 8.11. The number of alkyl halides is 3. The molecule has 0 spiro atoms. The van der Waals surface area contributed by atoms with Crippen molar-refractivity contribution in [2.24, 2.45) is 4.99 Å². The highest BCUT2D eigenvalue weighted by atomic mass is 32.1. The molecule has 5 rings (SSSR count). The van der Waals surface area contributed by atoms with Crippen LogP contribution in [0.15, 0.2) is 89.6 Å². The van der Waals surface area contributed by atoms with Gasteiger partial charge >= 0.3 is 12.5 Å². The second-order valence-electron chi connectivity index (χ2n) is 10.5. The lowest BCUT2D eigenvalue weighted by molar-refractivity contribution is -0.274. The Balaban J connectivity index is 1.22. The minimum atomic E-state index is -4.75. The second kappa shape index (κ2) is 12.9. The van der Waals surface area contributed by atoms with Crippen LogP contribution in [-0.2, 0) is 11.2 Å². The maximum atomic E-state index is 12.7. The fraction of sp³-hybridized carbons (Fsp3) is 0.250. The van der Waals surface area contributed by atoms with Crippen molar-refractivity contribution in [3.05, 3.63) is 106 Å². The summed E-state index contributed by atoms with van der Waals surface area (Å²) in [5.74, 6) is 0.436. The van der Waals surface area contributed by atoms with Crippen molar-refractivity contribution in [2.45, 2.75) is 52.5 Å². The summed E-state index contributed by atoms with van der Waals surface area (Å²) < 4.78 is 50.1. The standard InChI is InChI=1S/C32H30F3N5O3S/c1-20(2)27-14-5-21(3)17-28(27)39-15-16-44-30(39)37-31(41)42-22(4)18-23-6-8-24(9-7-23)29-36-19-40(38-29)25-10-12-26(13-11-25)43-32(33,34)35/h5-17,19-20,22H,18H2,1-4H3/b37-30-. The third-order valence-corrected chi connectivity index (χ3v) is 7.46. The number of hydrogen-bond acceptors (Lipinski definition) is 6. The quantitative estimate of drug-likeness (QED) is 0.177. The molecular formula is C32H30F3N5O3S. The van der Waals surface area contributed by atoms with E-state index in [1.807, 2.05) is 54.3 Å². The van der Waals surface area contributed by atoms with E-state index < -0.39 is 18.6 Å². The average Bonchev–Trinajstić information content (AvgIpc) is 3.63. The van der Waals surface area contributed by atoms with Gasteiger partial charge in [-0.05, 0) is 66.8 Å². The molecule has 0 N–H and O–H groups in total. The number of carbonyl (C=O) groups excluding carboxylic acids is 1. The minimum Gasteiger partial charge on any atom is -0.444 e. The molecule has 0 bridgehead atoms. The largest absolute Gasteiger partial charge is 0.573 e. The first-order chi connectivity index (χ1) is 20.9. The van der Waals surface area contributed by atoms with Crippen LogP contribution >= 0.6 is 11.3 Å². The van der Waals surface area contributed by atoms with Crippen LogP contribution in [0.25, 0.3) is 22.8 Å². The summed E-state index contributed by atoms with van der Waals surface area (Å²) in [7, 11) is 0. The molecule has 3 aromatic carbocycles.